The third-order valence-corrected chi connectivity index (χ3v) is 4.18. The molecule has 0 aliphatic rings. The maximum Gasteiger partial charge on any atom is 0.418 e. The van der Waals surface area contributed by atoms with E-state index < -0.39 is 17.6 Å². The summed E-state index contributed by atoms with van der Waals surface area (Å²) in [6.45, 7) is 2.82. The number of halogens is 4. The number of alkyl halides is 3. The Morgan fingerprint density at radius 3 is 2.41 bits per heavy atom. The predicted molar refractivity (Wildman–Crippen MR) is 98.0 cm³/mol. The van der Waals surface area contributed by atoms with Crippen LogP contribution in [0.1, 0.15) is 28.4 Å². The Morgan fingerprint density at radius 2 is 1.81 bits per heavy atom. The first-order valence-corrected chi connectivity index (χ1v) is 8.47. The molecule has 0 aliphatic carbocycles. The lowest BCUT2D eigenvalue weighted by atomic mass is 10.1. The Morgan fingerprint density at radius 1 is 1.15 bits per heavy atom. The van der Waals surface area contributed by atoms with Gasteiger partial charge >= 0.3 is 6.18 Å². The zero-order chi connectivity index (χ0) is 20.2. The molecule has 144 valence electrons. The second-order valence-corrected chi connectivity index (χ2v) is 6.34. The topological polar surface area (TPSA) is 49.4 Å². The summed E-state index contributed by atoms with van der Waals surface area (Å²) in [5, 5.41) is 2.54. The zero-order valence-corrected chi connectivity index (χ0v) is 15.5. The van der Waals surface area contributed by atoms with Gasteiger partial charge in [0.15, 0.2) is 0 Å². The number of nitrogens with zero attached hydrogens (tertiary/aromatic N) is 1. The zero-order valence-electron chi connectivity index (χ0n) is 14.7. The molecule has 2 rings (SSSR count). The van der Waals surface area contributed by atoms with E-state index in [1.54, 1.807) is 31.2 Å². The van der Waals surface area contributed by atoms with Gasteiger partial charge < -0.3 is 10.2 Å². The van der Waals surface area contributed by atoms with Gasteiger partial charge in [0.1, 0.15) is 0 Å². The standard InChI is InChI=1S/C19H18ClF3N2O2/c1-12-5-3-4-6-15(12)18(27)24-9-10-25(13(2)26)17-8-7-14(20)11-16(17)19(21,22)23/h3-8,11H,9-10H2,1-2H3,(H,24,27). The molecular weight excluding hydrogens is 381 g/mol. The molecule has 0 aliphatic heterocycles. The molecule has 27 heavy (non-hydrogen) atoms. The fourth-order valence-corrected chi connectivity index (χ4v) is 2.79. The summed E-state index contributed by atoms with van der Waals surface area (Å²) < 4.78 is 39.9. The van der Waals surface area contributed by atoms with Gasteiger partial charge in [-0.1, -0.05) is 29.8 Å². The third kappa shape index (κ3) is 5.23. The van der Waals surface area contributed by atoms with E-state index in [1.807, 2.05) is 0 Å². The number of carbonyl (C=O) groups is 2. The molecule has 8 heteroatoms. The molecule has 0 saturated carbocycles. The minimum absolute atomic E-state index is 0.00727. The highest BCUT2D eigenvalue weighted by Crippen LogP contribution is 2.38. The first kappa shape index (κ1) is 20.8. The highest BCUT2D eigenvalue weighted by molar-refractivity contribution is 6.30. The average molecular weight is 399 g/mol. The number of rotatable bonds is 5. The number of aryl methyl sites for hydroxylation is 1. The van der Waals surface area contributed by atoms with Crippen LogP contribution in [0.3, 0.4) is 0 Å². The van der Waals surface area contributed by atoms with Crippen molar-refractivity contribution in [3.63, 3.8) is 0 Å². The van der Waals surface area contributed by atoms with Crippen LogP contribution in [0.2, 0.25) is 5.02 Å². The molecule has 0 unspecified atom stereocenters. The van der Waals surface area contributed by atoms with Crippen molar-refractivity contribution in [1.82, 2.24) is 5.32 Å². The van der Waals surface area contributed by atoms with Crippen LogP contribution < -0.4 is 10.2 Å². The molecular formula is C19H18ClF3N2O2. The molecule has 2 aromatic carbocycles. The predicted octanol–water partition coefficient (Wildman–Crippen LogP) is 4.45. The van der Waals surface area contributed by atoms with Gasteiger partial charge in [-0.05, 0) is 36.8 Å². The quantitative estimate of drug-likeness (QED) is 0.809. The molecule has 4 nitrogen and oxygen atoms in total. The molecule has 0 atom stereocenters. The summed E-state index contributed by atoms with van der Waals surface area (Å²) in [4.78, 5) is 25.1. The van der Waals surface area contributed by atoms with E-state index in [1.165, 1.54) is 6.07 Å². The van der Waals surface area contributed by atoms with Crippen LogP contribution in [0.25, 0.3) is 0 Å². The molecule has 0 bridgehead atoms. The summed E-state index contributed by atoms with van der Waals surface area (Å²) in [6, 6.07) is 10.1. The minimum atomic E-state index is -4.67. The van der Waals surface area contributed by atoms with Gasteiger partial charge in [0.05, 0.1) is 11.3 Å². The van der Waals surface area contributed by atoms with E-state index in [9.17, 15) is 22.8 Å². The molecule has 2 aromatic rings. The van der Waals surface area contributed by atoms with Crippen molar-refractivity contribution in [2.24, 2.45) is 0 Å². The van der Waals surface area contributed by atoms with Gasteiger partial charge in [0, 0.05) is 30.6 Å². The largest absolute Gasteiger partial charge is 0.418 e. The second-order valence-electron chi connectivity index (χ2n) is 5.90. The Bertz CT molecular complexity index is 853. The van der Waals surface area contributed by atoms with Crippen LogP contribution in [0.4, 0.5) is 18.9 Å². The van der Waals surface area contributed by atoms with E-state index in [4.69, 9.17) is 11.6 Å². The maximum absolute atomic E-state index is 13.3. The Kier molecular flexibility index (Phi) is 6.49. The molecule has 0 aromatic heterocycles. The summed E-state index contributed by atoms with van der Waals surface area (Å²) in [5.41, 5.74) is -0.0650. The Hall–Kier alpha value is -2.54. The molecule has 0 saturated heterocycles. The lowest BCUT2D eigenvalue weighted by Crippen LogP contribution is -2.38. The van der Waals surface area contributed by atoms with Gasteiger partial charge in [-0.2, -0.15) is 13.2 Å². The van der Waals surface area contributed by atoms with E-state index in [2.05, 4.69) is 5.32 Å². The summed E-state index contributed by atoms with van der Waals surface area (Å²) in [7, 11) is 0. The number of nitrogens with one attached hydrogen (secondary N) is 1. The van der Waals surface area contributed by atoms with Crippen LogP contribution in [0.15, 0.2) is 42.5 Å². The first-order chi connectivity index (χ1) is 12.6. The van der Waals surface area contributed by atoms with E-state index in [0.717, 1.165) is 29.5 Å². The third-order valence-electron chi connectivity index (χ3n) is 3.95. The lowest BCUT2D eigenvalue weighted by Gasteiger charge is -2.25. The molecule has 0 radical (unpaired) electrons. The van der Waals surface area contributed by atoms with Crippen LogP contribution in [-0.2, 0) is 11.0 Å². The van der Waals surface area contributed by atoms with Crippen molar-refractivity contribution in [2.75, 3.05) is 18.0 Å². The van der Waals surface area contributed by atoms with E-state index in [0.29, 0.717) is 5.56 Å². The van der Waals surface area contributed by atoms with Gasteiger partial charge in [0.2, 0.25) is 5.91 Å². The smallest absolute Gasteiger partial charge is 0.350 e. The van der Waals surface area contributed by atoms with E-state index in [-0.39, 0.29) is 29.7 Å². The Balaban J connectivity index is 2.17. The minimum Gasteiger partial charge on any atom is -0.350 e. The molecule has 0 heterocycles. The second kappa shape index (κ2) is 8.43. The van der Waals surface area contributed by atoms with Crippen molar-refractivity contribution < 1.29 is 22.8 Å². The van der Waals surface area contributed by atoms with Crippen molar-refractivity contribution in [2.45, 2.75) is 20.0 Å². The average Bonchev–Trinajstić information content (AvgIpc) is 2.58. The fourth-order valence-electron chi connectivity index (χ4n) is 2.62. The van der Waals surface area contributed by atoms with Gasteiger partial charge in [-0.25, -0.2) is 0 Å². The van der Waals surface area contributed by atoms with Crippen LogP contribution in [0, 0.1) is 6.92 Å². The van der Waals surface area contributed by atoms with Gasteiger partial charge in [-0.3, -0.25) is 9.59 Å². The Labute approximate surface area is 159 Å². The number of carbonyl (C=O) groups excluding carboxylic acids is 2. The molecule has 2 amide bonds. The van der Waals surface area contributed by atoms with Crippen LogP contribution in [0.5, 0.6) is 0 Å². The van der Waals surface area contributed by atoms with Crippen molar-refractivity contribution in [3.05, 3.63) is 64.2 Å². The summed E-state index contributed by atoms with van der Waals surface area (Å²) in [6.07, 6.45) is -4.67. The highest BCUT2D eigenvalue weighted by atomic mass is 35.5. The van der Waals surface area contributed by atoms with Gasteiger partial charge in [-0.15, -0.1) is 0 Å². The van der Waals surface area contributed by atoms with E-state index >= 15 is 0 Å². The summed E-state index contributed by atoms with van der Waals surface area (Å²) >= 11 is 5.68. The normalized spacial score (nSPS) is 11.2. The monoisotopic (exact) mass is 398 g/mol. The molecule has 0 fully saturated rings. The van der Waals surface area contributed by atoms with Gasteiger partial charge in [0.25, 0.3) is 5.91 Å². The number of anilines is 1. The van der Waals surface area contributed by atoms with Crippen molar-refractivity contribution >= 4 is 29.1 Å². The van der Waals surface area contributed by atoms with Crippen LogP contribution in [-0.4, -0.2) is 24.9 Å². The number of hydrogen-bond donors (Lipinski definition) is 1. The molecule has 1 N–H and O–H groups in total. The number of amides is 2. The highest BCUT2D eigenvalue weighted by Gasteiger charge is 2.35. The first-order valence-electron chi connectivity index (χ1n) is 8.10. The van der Waals surface area contributed by atoms with Crippen molar-refractivity contribution in [3.8, 4) is 0 Å². The maximum atomic E-state index is 13.3. The summed E-state index contributed by atoms with van der Waals surface area (Å²) in [5.74, 6) is -0.934. The lowest BCUT2D eigenvalue weighted by molar-refractivity contribution is -0.137. The fraction of sp³-hybridized carbons (Fsp3) is 0.263. The van der Waals surface area contributed by atoms with Crippen LogP contribution >= 0.6 is 11.6 Å². The molecule has 0 spiro atoms. The number of benzene rings is 2. The number of hydrogen-bond acceptors (Lipinski definition) is 2. The van der Waals surface area contributed by atoms with Crippen molar-refractivity contribution in [1.29, 1.82) is 0 Å². The SMILES string of the molecule is CC(=O)N(CCNC(=O)c1ccccc1C)c1ccc(Cl)cc1C(F)(F)F.